The third-order valence-electron chi connectivity index (χ3n) is 3.77. The van der Waals surface area contributed by atoms with Gasteiger partial charge in [0, 0.05) is 7.11 Å². The highest BCUT2D eigenvalue weighted by Crippen LogP contribution is 2.31. The number of methoxy groups -OCH3 is 1. The number of nitrogens with zero attached hydrogens (tertiary/aromatic N) is 1. The van der Waals surface area contributed by atoms with Crippen LogP contribution < -0.4 is 10.2 Å². The minimum absolute atomic E-state index is 0.0223. The summed E-state index contributed by atoms with van der Waals surface area (Å²) in [6.45, 7) is 6.12. The lowest BCUT2D eigenvalue weighted by Crippen LogP contribution is -2.43. The summed E-state index contributed by atoms with van der Waals surface area (Å²) in [5.41, 5.74) is 3.21. The van der Waals surface area contributed by atoms with Gasteiger partial charge in [0.05, 0.1) is 31.2 Å². The molecule has 1 rings (SSSR count). The Balaban J connectivity index is 0.000000665. The lowest BCUT2D eigenvalue weighted by molar-refractivity contribution is -0.135. The van der Waals surface area contributed by atoms with E-state index >= 15 is 0 Å². The van der Waals surface area contributed by atoms with Gasteiger partial charge in [-0.25, -0.2) is 0 Å². The van der Waals surface area contributed by atoms with Gasteiger partial charge in [-0.05, 0) is 31.4 Å². The Bertz CT molecular complexity index is 711. The van der Waals surface area contributed by atoms with Crippen LogP contribution in [0.4, 0.5) is 5.69 Å². The summed E-state index contributed by atoms with van der Waals surface area (Å²) in [5, 5.41) is 10.1. The standard InChI is InChI=1S/C15H22ClNO2.C3H8NO5P/c1-5-13-8-6-7-11(2)15(13)17(14(18)9-16)12(3)10-19-4;5-3(6)1-4-2-10(7,8)9/h6-8,12H,5,9-10H2,1-4H3;4H,1-2H2,(H,5,6)(H2,7,8,9). The van der Waals surface area contributed by atoms with E-state index in [1.165, 1.54) is 0 Å². The number of anilines is 1. The van der Waals surface area contributed by atoms with Crippen LogP contribution in [-0.2, 0) is 25.3 Å². The van der Waals surface area contributed by atoms with Gasteiger partial charge in [-0.1, -0.05) is 25.1 Å². The number of ether oxygens (including phenoxy) is 1. The number of nitrogens with one attached hydrogen (secondary N) is 1. The van der Waals surface area contributed by atoms with Crippen molar-refractivity contribution in [2.24, 2.45) is 0 Å². The fourth-order valence-corrected chi connectivity index (χ4v) is 3.16. The van der Waals surface area contributed by atoms with E-state index in [1.807, 2.05) is 26.0 Å². The second-order valence-corrected chi connectivity index (χ2v) is 8.19. The van der Waals surface area contributed by atoms with Crippen molar-refractivity contribution in [1.29, 1.82) is 0 Å². The molecule has 1 amide bonds. The van der Waals surface area contributed by atoms with Gasteiger partial charge in [0.15, 0.2) is 0 Å². The van der Waals surface area contributed by atoms with Gasteiger partial charge in [-0.2, -0.15) is 0 Å². The molecular weight excluding hydrogens is 423 g/mol. The minimum Gasteiger partial charge on any atom is -0.480 e. The summed E-state index contributed by atoms with van der Waals surface area (Å²) in [6, 6.07) is 6.05. The van der Waals surface area contributed by atoms with Crippen molar-refractivity contribution in [3.05, 3.63) is 29.3 Å². The minimum atomic E-state index is -4.10. The van der Waals surface area contributed by atoms with E-state index in [0.29, 0.717) is 6.61 Å². The predicted octanol–water partition coefficient (Wildman–Crippen LogP) is 1.96. The molecule has 0 bridgehead atoms. The molecule has 11 heteroatoms. The van der Waals surface area contributed by atoms with Crippen molar-refractivity contribution in [1.82, 2.24) is 5.32 Å². The number of halogens is 1. The number of carbonyl (C=O) groups is 2. The summed E-state index contributed by atoms with van der Waals surface area (Å²) in [4.78, 5) is 40.1. The van der Waals surface area contributed by atoms with Crippen LogP contribution in [0.3, 0.4) is 0 Å². The van der Waals surface area contributed by atoms with Crippen LogP contribution in [0, 0.1) is 6.92 Å². The third-order valence-corrected chi connectivity index (χ3v) is 4.63. The average Bonchev–Trinajstić information content (AvgIpc) is 2.62. The Morgan fingerprint density at radius 2 is 1.97 bits per heavy atom. The molecule has 4 N–H and O–H groups in total. The molecule has 0 saturated heterocycles. The second-order valence-electron chi connectivity index (χ2n) is 6.28. The summed E-state index contributed by atoms with van der Waals surface area (Å²) >= 11 is 5.76. The maximum atomic E-state index is 12.2. The molecule has 0 saturated carbocycles. The monoisotopic (exact) mass is 452 g/mol. The third kappa shape index (κ3) is 10.7. The molecule has 0 spiro atoms. The van der Waals surface area contributed by atoms with Crippen molar-refractivity contribution in [3.63, 3.8) is 0 Å². The van der Waals surface area contributed by atoms with Gasteiger partial charge < -0.3 is 24.5 Å². The van der Waals surface area contributed by atoms with E-state index in [1.54, 1.807) is 12.0 Å². The van der Waals surface area contributed by atoms with Crippen LogP contribution >= 0.6 is 19.2 Å². The summed E-state index contributed by atoms with van der Waals surface area (Å²) in [7, 11) is -2.46. The maximum absolute atomic E-state index is 12.2. The Hall–Kier alpha value is -1.48. The Kier molecular flexibility index (Phi) is 13.0. The van der Waals surface area contributed by atoms with Gasteiger partial charge in [-0.15, -0.1) is 11.6 Å². The van der Waals surface area contributed by atoms with Crippen LogP contribution in [0.25, 0.3) is 0 Å². The van der Waals surface area contributed by atoms with E-state index in [9.17, 15) is 14.2 Å². The Labute approximate surface area is 176 Å². The van der Waals surface area contributed by atoms with Gasteiger partial charge in [0.25, 0.3) is 0 Å². The van der Waals surface area contributed by atoms with E-state index in [-0.39, 0.29) is 17.8 Å². The average molecular weight is 453 g/mol. The lowest BCUT2D eigenvalue weighted by atomic mass is 10.0. The van der Waals surface area contributed by atoms with Crippen molar-refractivity contribution >= 4 is 36.8 Å². The van der Waals surface area contributed by atoms with Gasteiger partial charge in [0.2, 0.25) is 5.91 Å². The van der Waals surface area contributed by atoms with E-state index in [0.717, 1.165) is 23.2 Å². The molecule has 9 nitrogen and oxygen atoms in total. The van der Waals surface area contributed by atoms with E-state index < -0.39 is 26.4 Å². The number of para-hydroxylation sites is 1. The molecule has 166 valence electrons. The Morgan fingerprint density at radius 1 is 1.34 bits per heavy atom. The van der Waals surface area contributed by atoms with Gasteiger partial charge >= 0.3 is 13.6 Å². The number of carboxylic acids is 1. The van der Waals surface area contributed by atoms with E-state index in [4.69, 9.17) is 31.2 Å². The number of rotatable bonds is 10. The zero-order chi connectivity index (χ0) is 22.6. The zero-order valence-electron chi connectivity index (χ0n) is 17.1. The lowest BCUT2D eigenvalue weighted by Gasteiger charge is -2.31. The topological polar surface area (TPSA) is 136 Å². The van der Waals surface area contributed by atoms with Crippen molar-refractivity contribution in [2.75, 3.05) is 37.3 Å². The first-order valence-corrected chi connectivity index (χ1v) is 11.2. The van der Waals surface area contributed by atoms with Crippen LogP contribution in [0.5, 0.6) is 0 Å². The summed E-state index contributed by atoms with van der Waals surface area (Å²) in [6.07, 6.45) is 0.280. The van der Waals surface area contributed by atoms with E-state index in [2.05, 4.69) is 18.3 Å². The van der Waals surface area contributed by atoms with Crippen molar-refractivity contribution < 1.29 is 33.8 Å². The molecule has 0 fully saturated rings. The number of amides is 1. The molecule has 29 heavy (non-hydrogen) atoms. The largest absolute Gasteiger partial charge is 0.480 e. The normalized spacial score (nSPS) is 12.0. The SMILES string of the molecule is CCc1cccc(C)c1N(C(=O)CCl)C(C)COC.O=C(O)CNCP(=O)(O)O. The summed E-state index contributed by atoms with van der Waals surface area (Å²) < 4.78 is 15.2. The highest BCUT2D eigenvalue weighted by molar-refractivity contribution is 7.51. The van der Waals surface area contributed by atoms with Crippen LogP contribution in [0.1, 0.15) is 25.0 Å². The molecule has 0 aromatic heterocycles. The first-order valence-electron chi connectivity index (χ1n) is 8.90. The quantitative estimate of drug-likeness (QED) is 0.312. The van der Waals surface area contributed by atoms with Crippen LogP contribution in [0.15, 0.2) is 18.2 Å². The molecule has 0 aliphatic heterocycles. The maximum Gasteiger partial charge on any atom is 0.339 e. The zero-order valence-corrected chi connectivity index (χ0v) is 18.7. The summed E-state index contributed by atoms with van der Waals surface area (Å²) in [5.74, 6) is -1.25. The molecule has 1 aromatic carbocycles. The Morgan fingerprint density at radius 3 is 2.41 bits per heavy atom. The molecule has 0 radical (unpaired) electrons. The molecule has 1 aromatic rings. The molecular formula is C18H30ClN2O7P. The van der Waals surface area contributed by atoms with Crippen LogP contribution in [0.2, 0.25) is 0 Å². The van der Waals surface area contributed by atoms with Crippen LogP contribution in [-0.4, -0.2) is 65.2 Å². The highest BCUT2D eigenvalue weighted by Gasteiger charge is 2.24. The molecule has 0 aliphatic carbocycles. The first kappa shape index (κ1) is 27.5. The number of hydrogen-bond donors (Lipinski definition) is 4. The van der Waals surface area contributed by atoms with Gasteiger partial charge in [0.1, 0.15) is 5.88 Å². The first-order chi connectivity index (χ1) is 13.5. The number of benzene rings is 1. The van der Waals surface area contributed by atoms with Crippen molar-refractivity contribution in [2.45, 2.75) is 33.2 Å². The fraction of sp³-hybridized carbons (Fsp3) is 0.556. The number of carboxylic acid groups (broad SMARTS) is 1. The van der Waals surface area contributed by atoms with Crippen molar-refractivity contribution in [3.8, 4) is 0 Å². The second kappa shape index (κ2) is 13.7. The fourth-order valence-electron chi connectivity index (χ4n) is 2.63. The number of alkyl halides is 1. The molecule has 0 heterocycles. The molecule has 1 atom stereocenters. The number of hydrogen-bond acceptors (Lipinski definition) is 5. The smallest absolute Gasteiger partial charge is 0.339 e. The molecule has 1 unspecified atom stereocenters. The number of carbonyl (C=O) groups excluding carboxylic acids is 1. The highest BCUT2D eigenvalue weighted by atomic mass is 35.5. The van der Waals surface area contributed by atoms with Gasteiger partial charge in [-0.3, -0.25) is 19.5 Å². The predicted molar refractivity (Wildman–Crippen MR) is 113 cm³/mol. The number of aryl methyl sites for hydroxylation is 2. The molecule has 0 aliphatic rings. The number of aliphatic carboxylic acids is 1.